The number of benzene rings is 2. The molecular formula is C28H30ClNO2. The maximum atomic E-state index is 14.0. The summed E-state index contributed by atoms with van der Waals surface area (Å²) >= 11 is 6.25. The van der Waals surface area contributed by atoms with Crippen molar-refractivity contribution in [2.24, 2.45) is 29.6 Å². The Morgan fingerprint density at radius 3 is 2.50 bits per heavy atom. The molecule has 0 N–H and O–H groups in total. The highest BCUT2D eigenvalue weighted by atomic mass is 35.5. The second-order valence-electron chi connectivity index (χ2n) is 10.8. The Morgan fingerprint density at radius 2 is 1.69 bits per heavy atom. The average molecular weight is 448 g/mol. The highest BCUT2D eigenvalue weighted by molar-refractivity contribution is 6.30. The van der Waals surface area contributed by atoms with Crippen LogP contribution in [0.5, 0.6) is 0 Å². The van der Waals surface area contributed by atoms with Gasteiger partial charge in [0.25, 0.3) is 0 Å². The van der Waals surface area contributed by atoms with Crippen molar-refractivity contribution < 1.29 is 9.53 Å². The lowest BCUT2D eigenvalue weighted by Gasteiger charge is -2.54. The lowest BCUT2D eigenvalue weighted by Crippen LogP contribution is -2.62. The fourth-order valence-electron chi connectivity index (χ4n) is 8.48. The number of hydrogen-bond acceptors (Lipinski definition) is 2. The number of ether oxygens (including phenoxy) is 1. The topological polar surface area (TPSA) is 29.5 Å². The third kappa shape index (κ3) is 2.50. The first-order chi connectivity index (χ1) is 15.7. The Bertz CT molecular complexity index is 1040. The Hall–Kier alpha value is -1.84. The van der Waals surface area contributed by atoms with Crippen LogP contribution in [0.3, 0.4) is 0 Å². The minimum Gasteiger partial charge on any atom is -0.350 e. The molecule has 3 aliphatic carbocycles. The highest BCUT2D eigenvalue weighted by Gasteiger charge is 2.69. The molecular weight excluding hydrogens is 418 g/mol. The molecule has 5 aliphatic rings. The van der Waals surface area contributed by atoms with E-state index in [9.17, 15) is 4.79 Å². The summed E-state index contributed by atoms with van der Waals surface area (Å²) in [6, 6.07) is 19.5. The van der Waals surface area contributed by atoms with Gasteiger partial charge in [0.1, 0.15) is 0 Å². The standard InChI is InChI=1S/C28H30ClNO2/c29-20-12-10-19(11-13-20)28-25-9-5-4-8-21(25)27(31)30(28)26-18-14-22(17-6-2-1-3-7-17)23(15-18)24(26)16-32-28/h1-3,6-7,10-13,18,21-26H,4-5,8-9,14-16H2/t18-,21?,22+,23-,24+,25?,26-,28?/m1/s1. The maximum absolute atomic E-state index is 14.0. The minimum atomic E-state index is -0.597. The van der Waals surface area contributed by atoms with Gasteiger partial charge in [-0.1, -0.05) is 66.9 Å². The number of hydrogen-bond donors (Lipinski definition) is 0. The van der Waals surface area contributed by atoms with Crippen molar-refractivity contribution in [3.05, 3.63) is 70.7 Å². The molecule has 8 atom stereocenters. The van der Waals surface area contributed by atoms with Crippen molar-refractivity contribution >= 4 is 17.5 Å². The van der Waals surface area contributed by atoms with Gasteiger partial charge in [-0.3, -0.25) is 4.79 Å². The molecule has 2 aromatic rings. The lowest BCUT2D eigenvalue weighted by atomic mass is 9.71. The van der Waals surface area contributed by atoms with Crippen molar-refractivity contribution in [3.8, 4) is 0 Å². The second-order valence-corrected chi connectivity index (χ2v) is 11.2. The average Bonchev–Trinajstić information content (AvgIpc) is 3.50. The van der Waals surface area contributed by atoms with Crippen molar-refractivity contribution in [1.82, 2.24) is 4.90 Å². The maximum Gasteiger partial charge on any atom is 0.228 e. The van der Waals surface area contributed by atoms with Crippen LogP contribution in [0.15, 0.2) is 54.6 Å². The van der Waals surface area contributed by atoms with E-state index in [1.165, 1.54) is 24.8 Å². The Labute approximate surface area is 195 Å². The molecule has 1 amide bonds. The quantitative estimate of drug-likeness (QED) is 0.566. The van der Waals surface area contributed by atoms with Crippen molar-refractivity contribution in [3.63, 3.8) is 0 Å². The Balaban J connectivity index is 1.31. The zero-order valence-corrected chi connectivity index (χ0v) is 19.1. The van der Waals surface area contributed by atoms with Gasteiger partial charge in [0.15, 0.2) is 5.72 Å². The molecule has 3 saturated carbocycles. The monoisotopic (exact) mass is 447 g/mol. The molecule has 0 aromatic heterocycles. The zero-order chi connectivity index (χ0) is 21.4. The van der Waals surface area contributed by atoms with Gasteiger partial charge in [0.2, 0.25) is 5.91 Å². The number of fused-ring (bicyclic) bond motifs is 9. The van der Waals surface area contributed by atoms with Gasteiger partial charge >= 0.3 is 0 Å². The number of rotatable bonds is 2. The highest BCUT2D eigenvalue weighted by Crippen LogP contribution is 2.65. The van der Waals surface area contributed by atoms with E-state index in [-0.39, 0.29) is 11.8 Å². The first-order valence-electron chi connectivity index (χ1n) is 12.5. The SMILES string of the molecule is O=C1C2CCCCC2C2(c3ccc(Cl)cc3)OC[C@H]3[C@@H]4C[C@@H](C[C@H]4c4ccccc4)[C@H]3N12. The number of nitrogens with zero attached hydrogens (tertiary/aromatic N) is 1. The van der Waals surface area contributed by atoms with Crippen LogP contribution in [-0.4, -0.2) is 23.5 Å². The smallest absolute Gasteiger partial charge is 0.228 e. The molecule has 0 spiro atoms. The van der Waals surface area contributed by atoms with Gasteiger partial charge in [0, 0.05) is 34.4 Å². The van der Waals surface area contributed by atoms with E-state index >= 15 is 0 Å². The summed E-state index contributed by atoms with van der Waals surface area (Å²) in [6.07, 6.45) is 6.87. The van der Waals surface area contributed by atoms with Gasteiger partial charge in [-0.05, 0) is 61.1 Å². The number of carbonyl (C=O) groups excluding carboxylic acids is 1. The largest absolute Gasteiger partial charge is 0.350 e. The predicted octanol–water partition coefficient (Wildman–Crippen LogP) is 5.98. The van der Waals surface area contributed by atoms with Gasteiger partial charge < -0.3 is 9.64 Å². The van der Waals surface area contributed by atoms with Crippen molar-refractivity contribution in [2.75, 3.05) is 6.61 Å². The molecule has 4 heteroatoms. The molecule has 2 heterocycles. The lowest BCUT2D eigenvalue weighted by molar-refractivity contribution is -0.243. The number of amides is 1. The van der Waals surface area contributed by atoms with E-state index in [1.807, 2.05) is 12.1 Å². The van der Waals surface area contributed by atoms with Crippen LogP contribution < -0.4 is 0 Å². The van der Waals surface area contributed by atoms with Crippen molar-refractivity contribution in [2.45, 2.75) is 56.2 Å². The summed E-state index contributed by atoms with van der Waals surface area (Å²) in [6.45, 7) is 0.769. The fraction of sp³-hybridized carbons (Fsp3) is 0.536. The zero-order valence-electron chi connectivity index (χ0n) is 18.3. The predicted molar refractivity (Wildman–Crippen MR) is 124 cm³/mol. The van der Waals surface area contributed by atoms with Crippen LogP contribution in [0.1, 0.15) is 55.6 Å². The molecule has 2 aromatic carbocycles. The molecule has 3 unspecified atom stereocenters. The van der Waals surface area contributed by atoms with Crippen LogP contribution in [0.25, 0.3) is 0 Å². The van der Waals surface area contributed by atoms with E-state index in [0.717, 1.165) is 36.5 Å². The van der Waals surface area contributed by atoms with E-state index < -0.39 is 5.72 Å². The molecule has 166 valence electrons. The molecule has 32 heavy (non-hydrogen) atoms. The first kappa shape index (κ1) is 19.6. The molecule has 2 aliphatic heterocycles. The van der Waals surface area contributed by atoms with Gasteiger partial charge in [-0.2, -0.15) is 0 Å². The van der Waals surface area contributed by atoms with Crippen LogP contribution in [-0.2, 0) is 15.3 Å². The Kier molecular flexibility index (Phi) is 4.34. The molecule has 5 fully saturated rings. The van der Waals surface area contributed by atoms with Crippen LogP contribution >= 0.6 is 11.6 Å². The van der Waals surface area contributed by atoms with E-state index in [0.29, 0.717) is 35.6 Å². The van der Waals surface area contributed by atoms with Crippen LogP contribution in [0.2, 0.25) is 5.02 Å². The van der Waals surface area contributed by atoms with Gasteiger partial charge in [0.05, 0.1) is 6.61 Å². The summed E-state index contributed by atoms with van der Waals surface area (Å²) < 4.78 is 6.97. The summed E-state index contributed by atoms with van der Waals surface area (Å²) in [5, 5.41) is 0.737. The molecule has 2 saturated heterocycles. The third-order valence-corrected chi connectivity index (χ3v) is 9.83. The summed E-state index contributed by atoms with van der Waals surface area (Å²) in [5.41, 5.74) is 2.00. The third-order valence-electron chi connectivity index (χ3n) is 9.58. The van der Waals surface area contributed by atoms with E-state index in [2.05, 4.69) is 47.4 Å². The van der Waals surface area contributed by atoms with E-state index in [1.54, 1.807) is 0 Å². The van der Waals surface area contributed by atoms with Crippen molar-refractivity contribution in [1.29, 1.82) is 0 Å². The number of carbonyl (C=O) groups is 1. The molecule has 7 rings (SSSR count). The second kappa shape index (κ2) is 7.08. The molecule has 2 bridgehead atoms. The summed E-state index contributed by atoms with van der Waals surface area (Å²) in [5.74, 6) is 2.98. The first-order valence-corrected chi connectivity index (χ1v) is 12.8. The van der Waals surface area contributed by atoms with Gasteiger partial charge in [-0.25, -0.2) is 0 Å². The normalized spacial score (nSPS) is 42.0. The minimum absolute atomic E-state index is 0.113. The molecule has 3 nitrogen and oxygen atoms in total. The van der Waals surface area contributed by atoms with E-state index in [4.69, 9.17) is 16.3 Å². The Morgan fingerprint density at radius 1 is 0.906 bits per heavy atom. The van der Waals surface area contributed by atoms with Crippen LogP contribution in [0, 0.1) is 29.6 Å². The van der Waals surface area contributed by atoms with Crippen LogP contribution in [0.4, 0.5) is 0 Å². The summed E-state index contributed by atoms with van der Waals surface area (Å²) in [4.78, 5) is 16.3. The number of halogens is 1. The fourth-order valence-corrected chi connectivity index (χ4v) is 8.61. The van der Waals surface area contributed by atoms with Gasteiger partial charge in [-0.15, -0.1) is 0 Å². The summed E-state index contributed by atoms with van der Waals surface area (Å²) in [7, 11) is 0. The molecule has 0 radical (unpaired) electrons.